The maximum absolute atomic E-state index is 12.2. The molecule has 3 amide bonds. The smallest absolute Gasteiger partial charge is 0.408 e. The van der Waals surface area contributed by atoms with E-state index in [2.05, 4.69) is 16.0 Å². The summed E-state index contributed by atoms with van der Waals surface area (Å²) in [5.41, 5.74) is 0.668. The Balaban J connectivity index is 2.53. The first-order chi connectivity index (χ1) is 17.9. The second-order valence-corrected chi connectivity index (χ2v) is 8.02. The van der Waals surface area contributed by atoms with Crippen LogP contribution in [0.4, 0.5) is 4.79 Å². The van der Waals surface area contributed by atoms with Gasteiger partial charge in [-0.25, -0.2) is 19.2 Å². The maximum Gasteiger partial charge on any atom is 0.408 e. The van der Waals surface area contributed by atoms with Gasteiger partial charge in [-0.15, -0.1) is 0 Å². The van der Waals surface area contributed by atoms with Crippen molar-refractivity contribution in [1.29, 1.82) is 0 Å². The van der Waals surface area contributed by atoms with E-state index in [4.69, 9.17) is 14.9 Å². The quantitative estimate of drug-likeness (QED) is 0.137. The number of rotatable bonds is 17. The predicted molar refractivity (Wildman–Crippen MR) is 126 cm³/mol. The number of hydrogen-bond acceptors (Lipinski definition) is 8. The Morgan fingerprint density at radius 3 is 1.47 bits per heavy atom. The number of ether oxygens (including phenoxy) is 1. The molecule has 0 spiro atoms. The molecule has 0 aromatic heterocycles. The van der Waals surface area contributed by atoms with Crippen LogP contribution in [0.2, 0.25) is 0 Å². The van der Waals surface area contributed by atoms with E-state index in [1.54, 1.807) is 30.3 Å². The summed E-state index contributed by atoms with van der Waals surface area (Å²) in [6.07, 6.45) is -3.72. The Morgan fingerprint density at radius 1 is 0.632 bits per heavy atom. The van der Waals surface area contributed by atoms with Crippen molar-refractivity contribution < 1.29 is 58.7 Å². The van der Waals surface area contributed by atoms with Crippen molar-refractivity contribution in [2.75, 3.05) is 0 Å². The zero-order valence-corrected chi connectivity index (χ0v) is 20.1. The van der Waals surface area contributed by atoms with Gasteiger partial charge in [0, 0.05) is 19.3 Å². The average molecular weight is 539 g/mol. The lowest BCUT2D eigenvalue weighted by Gasteiger charge is -2.18. The summed E-state index contributed by atoms with van der Waals surface area (Å²) in [7, 11) is 0. The van der Waals surface area contributed by atoms with Gasteiger partial charge in [-0.1, -0.05) is 30.3 Å². The Morgan fingerprint density at radius 2 is 1.05 bits per heavy atom. The van der Waals surface area contributed by atoms with E-state index in [0.29, 0.717) is 5.56 Å². The van der Waals surface area contributed by atoms with Crippen LogP contribution in [0.15, 0.2) is 30.3 Å². The minimum Gasteiger partial charge on any atom is -0.481 e. The van der Waals surface area contributed by atoms with E-state index in [0.717, 1.165) is 0 Å². The largest absolute Gasteiger partial charge is 0.481 e. The number of hydrogen-bond donors (Lipinski definition) is 7. The first kappa shape index (κ1) is 31.3. The molecule has 0 fully saturated rings. The highest BCUT2D eigenvalue weighted by Crippen LogP contribution is 2.06. The van der Waals surface area contributed by atoms with Crippen molar-refractivity contribution in [3.63, 3.8) is 0 Å². The van der Waals surface area contributed by atoms with Crippen LogP contribution >= 0.6 is 0 Å². The van der Waals surface area contributed by atoms with Gasteiger partial charge in [-0.3, -0.25) is 14.4 Å². The molecule has 0 unspecified atom stereocenters. The van der Waals surface area contributed by atoms with Gasteiger partial charge in [0.2, 0.25) is 11.8 Å². The van der Waals surface area contributed by atoms with Crippen molar-refractivity contribution in [3.8, 4) is 0 Å². The molecule has 208 valence electrons. The molecule has 0 saturated heterocycles. The van der Waals surface area contributed by atoms with Crippen LogP contribution in [0, 0.1) is 0 Å². The van der Waals surface area contributed by atoms with Crippen molar-refractivity contribution in [3.05, 3.63) is 35.9 Å². The van der Waals surface area contributed by atoms with Gasteiger partial charge in [0.05, 0.1) is 0 Å². The minimum absolute atomic E-state index is 0.111. The first-order valence-corrected chi connectivity index (χ1v) is 11.3. The number of carbonyl (C=O) groups is 7. The number of carboxylic acid groups (broad SMARTS) is 4. The molecule has 0 heterocycles. The number of amides is 3. The highest BCUT2D eigenvalue weighted by Gasteiger charge is 2.26. The summed E-state index contributed by atoms with van der Waals surface area (Å²) < 4.78 is 4.94. The molecule has 0 radical (unpaired) electrons. The summed E-state index contributed by atoms with van der Waals surface area (Å²) in [5.74, 6) is -7.40. The lowest BCUT2D eigenvalue weighted by atomic mass is 10.1. The minimum atomic E-state index is -1.55. The zero-order chi connectivity index (χ0) is 28.7. The highest BCUT2D eigenvalue weighted by molar-refractivity contribution is 5.87. The molecule has 1 aromatic carbocycles. The second-order valence-electron chi connectivity index (χ2n) is 8.02. The van der Waals surface area contributed by atoms with Crippen molar-refractivity contribution in [1.82, 2.24) is 16.0 Å². The standard InChI is InChI=1S/C23H29N3O12/c27-17(25-15(21(33)34)8-11-19(29)30)9-6-14(20(31)32)24-18(28)10-7-16(22(35)36)26-23(37)38-12-13-4-2-1-3-5-13/h1-5,14-16H,6-12H2,(H,24,28)(H,25,27)(H,26,37)(H,29,30)(H,31,32)(H,33,34)(H,35,36)/t14-,15-,16-/m0/s1. The zero-order valence-electron chi connectivity index (χ0n) is 20.1. The van der Waals surface area contributed by atoms with Crippen LogP contribution in [-0.2, 0) is 40.1 Å². The maximum atomic E-state index is 12.2. The van der Waals surface area contributed by atoms with Crippen LogP contribution in [0.25, 0.3) is 0 Å². The van der Waals surface area contributed by atoms with Gasteiger partial charge in [0.1, 0.15) is 24.7 Å². The average Bonchev–Trinajstić information content (AvgIpc) is 2.85. The predicted octanol–water partition coefficient (Wildman–Crippen LogP) is -0.0700. The molecule has 7 N–H and O–H groups in total. The lowest BCUT2D eigenvalue weighted by molar-refractivity contribution is -0.144. The Hall–Kier alpha value is -4.69. The SMILES string of the molecule is O=C(O)CC[C@H](NC(=O)CC[C@H](NC(=O)CC[C@H](NC(=O)OCc1ccccc1)C(=O)O)C(=O)O)C(=O)O. The molecular weight excluding hydrogens is 510 g/mol. The number of nitrogens with one attached hydrogen (secondary N) is 3. The van der Waals surface area contributed by atoms with E-state index in [1.807, 2.05) is 0 Å². The molecule has 0 aliphatic carbocycles. The summed E-state index contributed by atoms with van der Waals surface area (Å²) in [4.78, 5) is 80.8. The Labute approximate surface area is 216 Å². The number of benzene rings is 1. The van der Waals surface area contributed by atoms with Crippen LogP contribution in [0.3, 0.4) is 0 Å². The highest BCUT2D eigenvalue weighted by atomic mass is 16.5. The van der Waals surface area contributed by atoms with E-state index < -0.39 is 92.0 Å². The molecule has 1 rings (SSSR count). The fourth-order valence-electron chi connectivity index (χ4n) is 3.03. The van der Waals surface area contributed by atoms with E-state index in [9.17, 15) is 43.8 Å². The fourth-order valence-corrected chi connectivity index (χ4v) is 3.03. The van der Waals surface area contributed by atoms with Gasteiger partial charge in [0.15, 0.2) is 0 Å². The van der Waals surface area contributed by atoms with Crippen LogP contribution in [-0.4, -0.2) is 80.3 Å². The van der Waals surface area contributed by atoms with E-state index >= 15 is 0 Å². The molecule has 0 aliphatic rings. The first-order valence-electron chi connectivity index (χ1n) is 11.3. The summed E-state index contributed by atoms with van der Waals surface area (Å²) in [5, 5.41) is 42.7. The van der Waals surface area contributed by atoms with Crippen molar-refractivity contribution in [2.45, 2.75) is 63.3 Å². The van der Waals surface area contributed by atoms with Gasteiger partial charge in [0.25, 0.3) is 0 Å². The van der Waals surface area contributed by atoms with Crippen LogP contribution in [0.1, 0.15) is 44.1 Å². The number of aliphatic carboxylic acids is 4. The summed E-state index contributed by atoms with van der Waals surface area (Å²) >= 11 is 0. The summed E-state index contributed by atoms with van der Waals surface area (Å²) in [6.45, 7) is -0.111. The van der Waals surface area contributed by atoms with Gasteiger partial charge in [-0.05, 0) is 24.8 Å². The lowest BCUT2D eigenvalue weighted by Crippen LogP contribution is -2.45. The topological polar surface area (TPSA) is 246 Å². The molecule has 0 saturated carbocycles. The Bertz CT molecular complexity index is 1010. The summed E-state index contributed by atoms with van der Waals surface area (Å²) in [6, 6.07) is 4.05. The van der Waals surface area contributed by atoms with Gasteiger partial charge in [-0.2, -0.15) is 0 Å². The molecule has 15 nitrogen and oxygen atoms in total. The van der Waals surface area contributed by atoms with E-state index in [1.165, 1.54) is 0 Å². The van der Waals surface area contributed by atoms with E-state index in [-0.39, 0.29) is 13.0 Å². The van der Waals surface area contributed by atoms with Crippen molar-refractivity contribution in [2.24, 2.45) is 0 Å². The normalized spacial score (nSPS) is 12.7. The third kappa shape index (κ3) is 12.9. The number of carboxylic acids is 4. The van der Waals surface area contributed by atoms with Crippen LogP contribution < -0.4 is 16.0 Å². The molecule has 3 atom stereocenters. The molecule has 38 heavy (non-hydrogen) atoms. The van der Waals surface area contributed by atoms with Crippen molar-refractivity contribution >= 4 is 41.8 Å². The third-order valence-corrected chi connectivity index (χ3v) is 5.04. The molecular formula is C23H29N3O12. The monoisotopic (exact) mass is 539 g/mol. The second kappa shape index (κ2) is 16.1. The third-order valence-electron chi connectivity index (χ3n) is 5.04. The van der Waals surface area contributed by atoms with Crippen LogP contribution in [0.5, 0.6) is 0 Å². The Kier molecular flexibility index (Phi) is 13.3. The fraction of sp³-hybridized carbons (Fsp3) is 0.435. The molecule has 15 heteroatoms. The molecule has 1 aromatic rings. The molecule has 0 bridgehead atoms. The number of carbonyl (C=O) groups excluding carboxylic acids is 3. The van der Waals surface area contributed by atoms with Gasteiger partial charge < -0.3 is 41.1 Å². The van der Waals surface area contributed by atoms with Gasteiger partial charge >= 0.3 is 30.0 Å². The number of alkyl carbamates (subject to hydrolysis) is 1. The molecule has 0 aliphatic heterocycles.